The molecule has 0 spiro atoms. The fourth-order valence-corrected chi connectivity index (χ4v) is 1.17. The van der Waals surface area contributed by atoms with Crippen LogP contribution in [0, 0.1) is 0 Å². The van der Waals surface area contributed by atoms with Crippen molar-refractivity contribution in [1.82, 2.24) is 5.32 Å². The summed E-state index contributed by atoms with van der Waals surface area (Å²) in [4.78, 5) is 24.4. The van der Waals surface area contributed by atoms with Crippen molar-refractivity contribution in [3.8, 4) is 0 Å². The second-order valence-corrected chi connectivity index (χ2v) is 3.18. The van der Waals surface area contributed by atoms with Crippen molar-refractivity contribution in [1.29, 1.82) is 0 Å². The zero-order chi connectivity index (χ0) is 10.3. The van der Waals surface area contributed by atoms with Gasteiger partial charge in [-0.1, -0.05) is 0 Å². The zero-order valence-electron chi connectivity index (χ0n) is 7.02. The Morgan fingerprint density at radius 3 is 2.62 bits per heavy atom. The minimum absolute atomic E-state index is 0.285. The summed E-state index contributed by atoms with van der Waals surface area (Å²) < 4.78 is 0. The summed E-state index contributed by atoms with van der Waals surface area (Å²) in [5.41, 5.74) is 0. The first-order valence-electron chi connectivity index (χ1n) is 3.45. The SMILES string of the molecule is CSCCC(NC(=O)O)C(=O)OO. The van der Waals surface area contributed by atoms with Gasteiger partial charge in [0.05, 0.1) is 0 Å². The molecule has 0 heterocycles. The Labute approximate surface area is 79.2 Å². The predicted molar refractivity (Wildman–Crippen MR) is 46.7 cm³/mol. The molecule has 1 amide bonds. The lowest BCUT2D eigenvalue weighted by Crippen LogP contribution is -2.41. The topological polar surface area (TPSA) is 95.9 Å². The number of rotatable bonds is 5. The van der Waals surface area contributed by atoms with Crippen molar-refractivity contribution in [3.63, 3.8) is 0 Å². The number of amides is 1. The molecule has 3 N–H and O–H groups in total. The molecule has 0 fully saturated rings. The van der Waals surface area contributed by atoms with Gasteiger partial charge in [0.15, 0.2) is 0 Å². The van der Waals surface area contributed by atoms with Crippen molar-refractivity contribution >= 4 is 23.8 Å². The van der Waals surface area contributed by atoms with Gasteiger partial charge in [-0.25, -0.2) is 9.59 Å². The van der Waals surface area contributed by atoms with E-state index in [4.69, 9.17) is 10.4 Å². The van der Waals surface area contributed by atoms with Gasteiger partial charge >= 0.3 is 12.1 Å². The Morgan fingerprint density at radius 2 is 2.23 bits per heavy atom. The third-order valence-corrected chi connectivity index (χ3v) is 1.93. The van der Waals surface area contributed by atoms with Gasteiger partial charge in [0, 0.05) is 0 Å². The molecule has 0 aliphatic heterocycles. The Hall–Kier alpha value is -0.950. The Balaban J connectivity index is 4.02. The maximum atomic E-state index is 10.7. The lowest BCUT2D eigenvalue weighted by atomic mass is 10.2. The molecule has 0 radical (unpaired) electrons. The summed E-state index contributed by atoms with van der Waals surface area (Å²) in [6.07, 6.45) is 0.783. The molecule has 0 aromatic carbocycles. The number of nitrogens with one attached hydrogen (secondary N) is 1. The van der Waals surface area contributed by atoms with Crippen molar-refractivity contribution < 1.29 is 24.8 Å². The Kier molecular flexibility index (Phi) is 6.07. The quantitative estimate of drug-likeness (QED) is 0.448. The fraction of sp³-hybridized carbons (Fsp3) is 0.667. The highest BCUT2D eigenvalue weighted by molar-refractivity contribution is 7.98. The van der Waals surface area contributed by atoms with Crippen molar-refractivity contribution in [2.75, 3.05) is 12.0 Å². The van der Waals surface area contributed by atoms with Gasteiger partial charge < -0.3 is 10.4 Å². The third kappa shape index (κ3) is 5.31. The largest absolute Gasteiger partial charge is 0.465 e. The average molecular weight is 209 g/mol. The minimum Gasteiger partial charge on any atom is -0.465 e. The summed E-state index contributed by atoms with van der Waals surface area (Å²) in [6.45, 7) is 0. The first-order chi connectivity index (χ1) is 6.11. The third-order valence-electron chi connectivity index (χ3n) is 1.28. The van der Waals surface area contributed by atoms with E-state index in [-0.39, 0.29) is 6.42 Å². The molecule has 0 aromatic rings. The lowest BCUT2D eigenvalue weighted by molar-refractivity contribution is -0.236. The highest BCUT2D eigenvalue weighted by atomic mass is 32.2. The van der Waals surface area contributed by atoms with Crippen LogP contribution in [-0.2, 0) is 9.68 Å². The maximum absolute atomic E-state index is 10.7. The van der Waals surface area contributed by atoms with Crippen LogP contribution >= 0.6 is 11.8 Å². The van der Waals surface area contributed by atoms with E-state index in [1.807, 2.05) is 11.6 Å². The van der Waals surface area contributed by atoms with Gasteiger partial charge in [-0.2, -0.15) is 17.0 Å². The molecule has 7 heteroatoms. The van der Waals surface area contributed by atoms with Gasteiger partial charge in [-0.05, 0) is 18.4 Å². The van der Waals surface area contributed by atoms with E-state index in [2.05, 4.69) is 4.89 Å². The standard InChI is InChI=1S/C6H11NO5S/c1-13-3-2-4(5(8)12-11)7-6(9)10/h4,7,11H,2-3H2,1H3,(H,9,10). The Morgan fingerprint density at radius 1 is 1.62 bits per heavy atom. The summed E-state index contributed by atoms with van der Waals surface area (Å²) in [6, 6.07) is -1.00. The van der Waals surface area contributed by atoms with Crippen LogP contribution in [0.2, 0.25) is 0 Å². The molecule has 13 heavy (non-hydrogen) atoms. The molecular weight excluding hydrogens is 198 g/mol. The van der Waals surface area contributed by atoms with E-state index in [9.17, 15) is 9.59 Å². The lowest BCUT2D eigenvalue weighted by Gasteiger charge is -2.11. The van der Waals surface area contributed by atoms with Crippen LogP contribution < -0.4 is 5.32 Å². The molecule has 76 valence electrons. The predicted octanol–water partition coefficient (Wildman–Crippen LogP) is 0.392. The van der Waals surface area contributed by atoms with Gasteiger partial charge in [-0.3, -0.25) is 4.89 Å². The molecule has 0 aromatic heterocycles. The fourth-order valence-electron chi connectivity index (χ4n) is 0.697. The zero-order valence-corrected chi connectivity index (χ0v) is 7.84. The highest BCUT2D eigenvalue weighted by Gasteiger charge is 2.21. The number of carboxylic acid groups (broad SMARTS) is 1. The van der Waals surface area contributed by atoms with Gasteiger partial charge in [0.1, 0.15) is 6.04 Å². The van der Waals surface area contributed by atoms with Crippen LogP contribution in [0.5, 0.6) is 0 Å². The molecule has 0 saturated carbocycles. The van der Waals surface area contributed by atoms with E-state index in [0.717, 1.165) is 0 Å². The van der Waals surface area contributed by atoms with E-state index < -0.39 is 18.1 Å². The van der Waals surface area contributed by atoms with Gasteiger partial charge in [0.2, 0.25) is 0 Å². The smallest absolute Gasteiger partial charge is 0.405 e. The second kappa shape index (κ2) is 6.55. The van der Waals surface area contributed by atoms with Crippen LogP contribution in [0.25, 0.3) is 0 Å². The van der Waals surface area contributed by atoms with Crippen LogP contribution in [0.4, 0.5) is 4.79 Å². The molecule has 0 aliphatic carbocycles. The molecule has 0 saturated heterocycles. The molecule has 1 atom stereocenters. The first kappa shape index (κ1) is 12.0. The van der Waals surface area contributed by atoms with Crippen LogP contribution in [0.3, 0.4) is 0 Å². The normalized spacial score (nSPS) is 11.8. The average Bonchev–Trinajstić information content (AvgIpc) is 2.10. The molecule has 6 nitrogen and oxygen atoms in total. The highest BCUT2D eigenvalue weighted by Crippen LogP contribution is 2.01. The van der Waals surface area contributed by atoms with Crippen LogP contribution in [0.15, 0.2) is 0 Å². The summed E-state index contributed by atoms with van der Waals surface area (Å²) in [5, 5.41) is 18.3. The Bertz CT molecular complexity index is 186. The van der Waals surface area contributed by atoms with Crippen LogP contribution in [0.1, 0.15) is 6.42 Å². The van der Waals surface area contributed by atoms with E-state index in [1.165, 1.54) is 11.8 Å². The maximum Gasteiger partial charge on any atom is 0.405 e. The number of thioether (sulfide) groups is 1. The molecule has 0 bridgehead atoms. The van der Waals surface area contributed by atoms with E-state index in [1.54, 1.807) is 0 Å². The van der Waals surface area contributed by atoms with Crippen LogP contribution in [-0.4, -0.2) is 40.5 Å². The molecular formula is C6H11NO5S. The van der Waals surface area contributed by atoms with Gasteiger partial charge in [0.25, 0.3) is 0 Å². The van der Waals surface area contributed by atoms with Gasteiger partial charge in [-0.15, -0.1) is 0 Å². The summed E-state index contributed by atoms with van der Waals surface area (Å²) in [7, 11) is 0. The van der Waals surface area contributed by atoms with Crippen molar-refractivity contribution in [2.45, 2.75) is 12.5 Å². The first-order valence-corrected chi connectivity index (χ1v) is 4.84. The summed E-state index contributed by atoms with van der Waals surface area (Å²) in [5.74, 6) is -0.392. The van der Waals surface area contributed by atoms with Crippen molar-refractivity contribution in [2.24, 2.45) is 0 Å². The van der Waals surface area contributed by atoms with E-state index in [0.29, 0.717) is 5.75 Å². The second-order valence-electron chi connectivity index (χ2n) is 2.19. The number of carbonyl (C=O) groups is 2. The molecule has 0 aliphatic rings. The number of hydrogen-bond donors (Lipinski definition) is 3. The van der Waals surface area contributed by atoms with E-state index >= 15 is 0 Å². The number of carbonyl (C=O) groups excluding carboxylic acids is 1. The van der Waals surface area contributed by atoms with Crippen molar-refractivity contribution in [3.05, 3.63) is 0 Å². The molecule has 0 rings (SSSR count). The monoisotopic (exact) mass is 209 g/mol. The molecule has 1 unspecified atom stereocenters. The number of hydrogen-bond acceptors (Lipinski definition) is 5. The minimum atomic E-state index is -1.32. The summed E-state index contributed by atoms with van der Waals surface area (Å²) >= 11 is 1.46.